The van der Waals surface area contributed by atoms with Gasteiger partial charge in [-0.15, -0.1) is 0 Å². The van der Waals surface area contributed by atoms with Crippen LogP contribution in [0, 0.1) is 20.8 Å². The summed E-state index contributed by atoms with van der Waals surface area (Å²) in [5, 5.41) is 9.91. The summed E-state index contributed by atoms with van der Waals surface area (Å²) in [4.78, 5) is 23.4. The molecule has 1 aliphatic rings. The minimum Gasteiger partial charge on any atom is -0.368 e. The van der Waals surface area contributed by atoms with E-state index >= 15 is 0 Å². The van der Waals surface area contributed by atoms with E-state index in [2.05, 4.69) is 30.7 Å². The SMILES string of the molecule is Cc1nc(NCCNC(=O)c2c(C)noc2C)cc(N2CCCC2)n1. The zero-order chi connectivity index (χ0) is 17.8. The highest BCUT2D eigenvalue weighted by Gasteiger charge is 2.17. The summed E-state index contributed by atoms with van der Waals surface area (Å²) in [5.41, 5.74) is 1.11. The zero-order valence-electron chi connectivity index (χ0n) is 14.9. The van der Waals surface area contributed by atoms with Crippen LogP contribution in [0.1, 0.15) is 40.5 Å². The van der Waals surface area contributed by atoms with Gasteiger partial charge in [0.15, 0.2) is 0 Å². The van der Waals surface area contributed by atoms with Crippen LogP contribution in [0.4, 0.5) is 11.6 Å². The first-order valence-electron chi connectivity index (χ1n) is 8.60. The average molecular weight is 344 g/mol. The van der Waals surface area contributed by atoms with E-state index in [1.807, 2.05) is 13.0 Å². The lowest BCUT2D eigenvalue weighted by Crippen LogP contribution is -2.29. The van der Waals surface area contributed by atoms with Gasteiger partial charge in [0.05, 0.1) is 5.69 Å². The van der Waals surface area contributed by atoms with Crippen molar-refractivity contribution in [1.29, 1.82) is 0 Å². The average Bonchev–Trinajstić information content (AvgIpc) is 3.21. The third-order valence-corrected chi connectivity index (χ3v) is 4.23. The summed E-state index contributed by atoms with van der Waals surface area (Å²) in [6, 6.07) is 1.97. The van der Waals surface area contributed by atoms with Crippen LogP contribution in [-0.2, 0) is 0 Å². The van der Waals surface area contributed by atoms with Gasteiger partial charge in [-0.05, 0) is 33.6 Å². The van der Waals surface area contributed by atoms with Gasteiger partial charge in [-0.1, -0.05) is 5.16 Å². The van der Waals surface area contributed by atoms with Gasteiger partial charge in [0, 0.05) is 32.2 Å². The summed E-state index contributed by atoms with van der Waals surface area (Å²) < 4.78 is 5.02. The molecule has 1 amide bonds. The van der Waals surface area contributed by atoms with E-state index < -0.39 is 0 Å². The molecule has 0 unspecified atom stereocenters. The number of nitrogens with zero attached hydrogens (tertiary/aromatic N) is 4. The normalized spacial score (nSPS) is 14.0. The third kappa shape index (κ3) is 4.07. The van der Waals surface area contributed by atoms with Gasteiger partial charge in [0.25, 0.3) is 5.91 Å². The predicted molar refractivity (Wildman–Crippen MR) is 95.0 cm³/mol. The van der Waals surface area contributed by atoms with Gasteiger partial charge in [0.1, 0.15) is 28.8 Å². The monoisotopic (exact) mass is 344 g/mol. The zero-order valence-corrected chi connectivity index (χ0v) is 14.9. The van der Waals surface area contributed by atoms with Crippen molar-refractivity contribution in [1.82, 2.24) is 20.4 Å². The number of hydrogen-bond acceptors (Lipinski definition) is 7. The molecular formula is C17H24N6O2. The molecule has 0 aliphatic carbocycles. The first kappa shape index (κ1) is 17.2. The molecule has 0 saturated carbocycles. The Kier molecular flexibility index (Phi) is 5.16. The summed E-state index contributed by atoms with van der Waals surface area (Å²) in [6.45, 7) is 8.52. The molecule has 2 aromatic rings. The van der Waals surface area contributed by atoms with Crippen LogP contribution in [-0.4, -0.2) is 47.2 Å². The van der Waals surface area contributed by atoms with Gasteiger partial charge in [-0.3, -0.25) is 4.79 Å². The number of rotatable bonds is 6. The Hall–Kier alpha value is -2.64. The fourth-order valence-corrected chi connectivity index (χ4v) is 3.01. The second-order valence-corrected chi connectivity index (χ2v) is 6.23. The van der Waals surface area contributed by atoms with Crippen molar-refractivity contribution in [3.63, 3.8) is 0 Å². The van der Waals surface area contributed by atoms with Crippen LogP contribution in [0.2, 0.25) is 0 Å². The molecule has 1 saturated heterocycles. The van der Waals surface area contributed by atoms with Crippen molar-refractivity contribution in [2.45, 2.75) is 33.6 Å². The molecule has 2 aromatic heterocycles. The second kappa shape index (κ2) is 7.50. The number of anilines is 2. The molecule has 134 valence electrons. The smallest absolute Gasteiger partial charge is 0.256 e. The van der Waals surface area contributed by atoms with Crippen LogP contribution >= 0.6 is 0 Å². The summed E-state index contributed by atoms with van der Waals surface area (Å²) in [7, 11) is 0. The third-order valence-electron chi connectivity index (χ3n) is 4.23. The Bertz CT molecular complexity index is 732. The quantitative estimate of drug-likeness (QED) is 0.772. The van der Waals surface area contributed by atoms with E-state index in [0.29, 0.717) is 30.1 Å². The van der Waals surface area contributed by atoms with Crippen LogP contribution in [0.3, 0.4) is 0 Å². The summed E-state index contributed by atoms with van der Waals surface area (Å²) in [5.74, 6) is 2.85. The lowest BCUT2D eigenvalue weighted by Gasteiger charge is -2.17. The predicted octanol–water partition coefficient (Wildman–Crippen LogP) is 1.83. The Labute approximate surface area is 147 Å². The highest BCUT2D eigenvalue weighted by Crippen LogP contribution is 2.20. The molecule has 8 nitrogen and oxygen atoms in total. The Morgan fingerprint density at radius 1 is 1.20 bits per heavy atom. The topological polar surface area (TPSA) is 96.2 Å². The number of amides is 1. The van der Waals surface area contributed by atoms with E-state index in [1.54, 1.807) is 13.8 Å². The van der Waals surface area contributed by atoms with Crippen molar-refractivity contribution in [2.75, 3.05) is 36.4 Å². The Morgan fingerprint density at radius 2 is 1.96 bits per heavy atom. The molecule has 0 bridgehead atoms. The van der Waals surface area contributed by atoms with Gasteiger partial charge in [0.2, 0.25) is 0 Å². The maximum atomic E-state index is 12.2. The van der Waals surface area contributed by atoms with Gasteiger partial charge in [-0.25, -0.2) is 9.97 Å². The molecule has 0 aromatic carbocycles. The maximum absolute atomic E-state index is 12.2. The number of aromatic nitrogens is 3. The lowest BCUT2D eigenvalue weighted by atomic mass is 10.2. The van der Waals surface area contributed by atoms with Crippen molar-refractivity contribution in [2.24, 2.45) is 0 Å². The highest BCUT2D eigenvalue weighted by molar-refractivity contribution is 5.96. The molecular weight excluding hydrogens is 320 g/mol. The summed E-state index contributed by atoms with van der Waals surface area (Å²) in [6.07, 6.45) is 2.42. The van der Waals surface area contributed by atoms with Crippen molar-refractivity contribution >= 4 is 17.5 Å². The fraction of sp³-hybridized carbons (Fsp3) is 0.529. The van der Waals surface area contributed by atoms with Crippen LogP contribution in [0.25, 0.3) is 0 Å². The van der Waals surface area contributed by atoms with E-state index in [1.165, 1.54) is 12.8 Å². The van der Waals surface area contributed by atoms with Gasteiger partial charge >= 0.3 is 0 Å². The number of nitrogens with one attached hydrogen (secondary N) is 2. The Balaban J connectivity index is 1.53. The molecule has 1 aliphatic heterocycles. The molecule has 3 rings (SSSR count). The molecule has 3 heterocycles. The molecule has 1 fully saturated rings. The molecule has 2 N–H and O–H groups in total. The summed E-state index contributed by atoms with van der Waals surface area (Å²) >= 11 is 0. The van der Waals surface area contributed by atoms with Gasteiger partial charge < -0.3 is 20.1 Å². The number of carbonyl (C=O) groups excluding carboxylic acids is 1. The number of hydrogen-bond donors (Lipinski definition) is 2. The molecule has 25 heavy (non-hydrogen) atoms. The number of aryl methyl sites for hydroxylation is 3. The van der Waals surface area contributed by atoms with Crippen molar-refractivity contribution in [3.05, 3.63) is 28.9 Å². The standard InChI is InChI=1S/C17H24N6O2/c1-11-16(12(2)25-22-11)17(24)19-7-6-18-14-10-15(21-13(3)20-14)23-8-4-5-9-23/h10H,4-9H2,1-3H3,(H,19,24)(H,18,20,21). The van der Waals surface area contributed by atoms with E-state index in [0.717, 1.165) is 30.5 Å². The molecule has 8 heteroatoms. The molecule has 0 spiro atoms. The van der Waals surface area contributed by atoms with E-state index in [-0.39, 0.29) is 5.91 Å². The molecule has 0 radical (unpaired) electrons. The van der Waals surface area contributed by atoms with Crippen LogP contribution < -0.4 is 15.5 Å². The largest absolute Gasteiger partial charge is 0.368 e. The number of carbonyl (C=O) groups is 1. The van der Waals surface area contributed by atoms with Crippen LogP contribution in [0.15, 0.2) is 10.6 Å². The molecule has 0 atom stereocenters. The van der Waals surface area contributed by atoms with E-state index in [4.69, 9.17) is 4.52 Å². The first-order valence-corrected chi connectivity index (χ1v) is 8.60. The van der Waals surface area contributed by atoms with E-state index in [9.17, 15) is 4.79 Å². The first-order chi connectivity index (χ1) is 12.0. The maximum Gasteiger partial charge on any atom is 0.256 e. The second-order valence-electron chi connectivity index (χ2n) is 6.23. The minimum absolute atomic E-state index is 0.172. The van der Waals surface area contributed by atoms with Gasteiger partial charge in [-0.2, -0.15) is 0 Å². The van der Waals surface area contributed by atoms with Crippen LogP contribution in [0.5, 0.6) is 0 Å². The lowest BCUT2D eigenvalue weighted by molar-refractivity contribution is 0.0953. The fourth-order valence-electron chi connectivity index (χ4n) is 3.01. The van der Waals surface area contributed by atoms with Crippen molar-refractivity contribution < 1.29 is 9.32 Å². The minimum atomic E-state index is -0.172. The Morgan fingerprint density at radius 3 is 2.64 bits per heavy atom. The highest BCUT2D eigenvalue weighted by atomic mass is 16.5. The van der Waals surface area contributed by atoms with Crippen molar-refractivity contribution in [3.8, 4) is 0 Å².